The standard InChI is InChI=1S/C14H14ClNO3/c1-10(19-12-5-2-4-11(15)8-12)14(17)16-9-13-6-3-7-18-13/h2-8,10H,9H2,1H3,(H,16,17)/t10-/m1/s1. The van der Waals surface area contributed by atoms with Gasteiger partial charge in [-0.25, -0.2) is 0 Å². The van der Waals surface area contributed by atoms with Crippen molar-refractivity contribution in [3.05, 3.63) is 53.4 Å². The normalized spacial score (nSPS) is 11.9. The molecule has 2 rings (SSSR count). The molecule has 0 aliphatic heterocycles. The fourth-order valence-corrected chi connectivity index (χ4v) is 1.71. The zero-order chi connectivity index (χ0) is 13.7. The van der Waals surface area contributed by atoms with Gasteiger partial charge in [-0.2, -0.15) is 0 Å². The summed E-state index contributed by atoms with van der Waals surface area (Å²) in [6, 6.07) is 10.5. The molecule has 1 atom stereocenters. The van der Waals surface area contributed by atoms with Crippen LogP contribution < -0.4 is 10.1 Å². The molecule has 0 bridgehead atoms. The lowest BCUT2D eigenvalue weighted by Crippen LogP contribution is -2.35. The van der Waals surface area contributed by atoms with Gasteiger partial charge >= 0.3 is 0 Å². The van der Waals surface area contributed by atoms with Crippen molar-refractivity contribution < 1.29 is 13.9 Å². The molecule has 100 valence electrons. The zero-order valence-corrected chi connectivity index (χ0v) is 11.2. The number of hydrogen-bond donors (Lipinski definition) is 1. The number of amides is 1. The molecular formula is C14H14ClNO3. The van der Waals surface area contributed by atoms with Gasteiger partial charge in [0, 0.05) is 5.02 Å². The summed E-state index contributed by atoms with van der Waals surface area (Å²) in [5.74, 6) is 1.05. The lowest BCUT2D eigenvalue weighted by molar-refractivity contribution is -0.127. The van der Waals surface area contributed by atoms with Crippen molar-refractivity contribution in [3.63, 3.8) is 0 Å². The highest BCUT2D eigenvalue weighted by Crippen LogP contribution is 2.18. The average molecular weight is 280 g/mol. The van der Waals surface area contributed by atoms with Crippen molar-refractivity contribution in [2.24, 2.45) is 0 Å². The Morgan fingerprint density at radius 1 is 1.42 bits per heavy atom. The third-order valence-electron chi connectivity index (χ3n) is 2.50. The molecule has 1 amide bonds. The Balaban J connectivity index is 1.85. The number of carbonyl (C=O) groups excluding carboxylic acids is 1. The third kappa shape index (κ3) is 4.03. The van der Waals surface area contributed by atoms with Crippen LogP contribution in [0.3, 0.4) is 0 Å². The maximum atomic E-state index is 11.8. The van der Waals surface area contributed by atoms with E-state index in [0.29, 0.717) is 23.1 Å². The Hall–Kier alpha value is -1.94. The number of ether oxygens (including phenoxy) is 1. The summed E-state index contributed by atoms with van der Waals surface area (Å²) in [4.78, 5) is 11.8. The fourth-order valence-electron chi connectivity index (χ4n) is 1.53. The summed E-state index contributed by atoms with van der Waals surface area (Å²) >= 11 is 5.84. The Bertz CT molecular complexity index is 539. The number of furan rings is 1. The molecule has 0 radical (unpaired) electrons. The summed E-state index contributed by atoms with van der Waals surface area (Å²) in [6.45, 7) is 2.02. The summed E-state index contributed by atoms with van der Waals surface area (Å²) in [7, 11) is 0. The largest absolute Gasteiger partial charge is 0.481 e. The van der Waals surface area contributed by atoms with E-state index in [1.54, 1.807) is 49.6 Å². The Morgan fingerprint density at radius 2 is 2.26 bits per heavy atom. The summed E-state index contributed by atoms with van der Waals surface area (Å²) in [6.07, 6.45) is 0.960. The van der Waals surface area contributed by atoms with Crippen molar-refractivity contribution in [1.29, 1.82) is 0 Å². The molecule has 1 aromatic carbocycles. The van der Waals surface area contributed by atoms with Gasteiger partial charge < -0.3 is 14.5 Å². The van der Waals surface area contributed by atoms with Crippen LogP contribution in [0.1, 0.15) is 12.7 Å². The molecular weight excluding hydrogens is 266 g/mol. The van der Waals surface area contributed by atoms with Gasteiger partial charge in [-0.05, 0) is 37.3 Å². The summed E-state index contributed by atoms with van der Waals surface area (Å²) < 4.78 is 10.6. The van der Waals surface area contributed by atoms with Gasteiger partial charge in [-0.1, -0.05) is 17.7 Å². The number of benzene rings is 1. The number of halogens is 1. The monoisotopic (exact) mass is 279 g/mol. The van der Waals surface area contributed by atoms with E-state index in [4.69, 9.17) is 20.8 Å². The van der Waals surface area contributed by atoms with E-state index < -0.39 is 6.10 Å². The SMILES string of the molecule is C[C@@H](Oc1cccc(Cl)c1)C(=O)NCc1ccco1. The van der Waals surface area contributed by atoms with Gasteiger partial charge in [0.25, 0.3) is 5.91 Å². The molecule has 4 nitrogen and oxygen atoms in total. The first-order valence-corrected chi connectivity index (χ1v) is 6.25. The van der Waals surface area contributed by atoms with Crippen LogP contribution in [0, 0.1) is 0 Å². The van der Waals surface area contributed by atoms with Crippen LogP contribution in [-0.4, -0.2) is 12.0 Å². The molecule has 0 aliphatic rings. The number of nitrogens with one attached hydrogen (secondary N) is 1. The highest BCUT2D eigenvalue weighted by atomic mass is 35.5. The van der Waals surface area contributed by atoms with Crippen molar-refractivity contribution in [2.45, 2.75) is 19.6 Å². The molecule has 0 saturated carbocycles. The minimum atomic E-state index is -0.603. The zero-order valence-electron chi connectivity index (χ0n) is 10.4. The van der Waals surface area contributed by atoms with Crippen molar-refractivity contribution in [2.75, 3.05) is 0 Å². The van der Waals surface area contributed by atoms with E-state index in [2.05, 4.69) is 5.32 Å². The van der Waals surface area contributed by atoms with Crippen molar-refractivity contribution in [1.82, 2.24) is 5.32 Å². The van der Waals surface area contributed by atoms with Gasteiger partial charge in [-0.3, -0.25) is 4.79 Å². The van der Waals surface area contributed by atoms with Gasteiger partial charge in [0.15, 0.2) is 6.10 Å². The molecule has 0 fully saturated rings. The van der Waals surface area contributed by atoms with E-state index in [9.17, 15) is 4.79 Å². The van der Waals surface area contributed by atoms with E-state index in [0.717, 1.165) is 0 Å². The summed E-state index contributed by atoms with van der Waals surface area (Å²) in [5, 5.41) is 3.30. The van der Waals surface area contributed by atoms with Crippen molar-refractivity contribution in [3.8, 4) is 5.75 Å². The fraction of sp³-hybridized carbons (Fsp3) is 0.214. The molecule has 2 aromatic rings. The molecule has 0 saturated heterocycles. The second kappa shape index (κ2) is 6.29. The molecule has 19 heavy (non-hydrogen) atoms. The topological polar surface area (TPSA) is 51.5 Å². The second-order valence-electron chi connectivity index (χ2n) is 4.01. The van der Waals surface area contributed by atoms with E-state index in [1.807, 2.05) is 0 Å². The lowest BCUT2D eigenvalue weighted by atomic mass is 10.3. The molecule has 5 heteroatoms. The molecule has 0 aliphatic carbocycles. The first-order chi connectivity index (χ1) is 9.15. The van der Waals surface area contributed by atoms with Gasteiger partial charge in [0.2, 0.25) is 0 Å². The highest BCUT2D eigenvalue weighted by molar-refractivity contribution is 6.30. The number of carbonyl (C=O) groups is 1. The molecule has 1 heterocycles. The number of rotatable bonds is 5. The average Bonchev–Trinajstić information content (AvgIpc) is 2.89. The molecule has 0 spiro atoms. The third-order valence-corrected chi connectivity index (χ3v) is 2.73. The quantitative estimate of drug-likeness (QED) is 0.915. The van der Waals surface area contributed by atoms with Crippen LogP contribution in [-0.2, 0) is 11.3 Å². The maximum Gasteiger partial charge on any atom is 0.261 e. The van der Waals surface area contributed by atoms with Crippen LogP contribution in [0.4, 0.5) is 0 Å². The number of hydrogen-bond acceptors (Lipinski definition) is 3. The van der Waals surface area contributed by atoms with E-state index >= 15 is 0 Å². The molecule has 0 unspecified atom stereocenters. The van der Waals surface area contributed by atoms with Crippen LogP contribution >= 0.6 is 11.6 Å². The molecule has 1 aromatic heterocycles. The minimum Gasteiger partial charge on any atom is -0.481 e. The maximum absolute atomic E-state index is 11.8. The minimum absolute atomic E-state index is 0.212. The van der Waals surface area contributed by atoms with Crippen LogP contribution in [0.15, 0.2) is 47.1 Å². The predicted molar refractivity (Wildman–Crippen MR) is 72.1 cm³/mol. The first-order valence-electron chi connectivity index (χ1n) is 5.87. The van der Waals surface area contributed by atoms with Gasteiger partial charge in [-0.15, -0.1) is 0 Å². The second-order valence-corrected chi connectivity index (χ2v) is 4.45. The first kappa shape index (κ1) is 13.5. The Kier molecular flexibility index (Phi) is 4.47. The highest BCUT2D eigenvalue weighted by Gasteiger charge is 2.14. The smallest absolute Gasteiger partial charge is 0.261 e. The van der Waals surface area contributed by atoms with Gasteiger partial charge in [0.1, 0.15) is 11.5 Å². The Morgan fingerprint density at radius 3 is 2.95 bits per heavy atom. The van der Waals surface area contributed by atoms with E-state index in [-0.39, 0.29) is 5.91 Å². The van der Waals surface area contributed by atoms with Crippen molar-refractivity contribution >= 4 is 17.5 Å². The lowest BCUT2D eigenvalue weighted by Gasteiger charge is -2.14. The van der Waals surface area contributed by atoms with E-state index in [1.165, 1.54) is 0 Å². The van der Waals surface area contributed by atoms with Crippen LogP contribution in [0.5, 0.6) is 5.75 Å². The molecule has 1 N–H and O–H groups in total. The Labute approximate surface area is 116 Å². The van der Waals surface area contributed by atoms with Crippen LogP contribution in [0.2, 0.25) is 5.02 Å². The van der Waals surface area contributed by atoms with Crippen LogP contribution in [0.25, 0.3) is 0 Å². The predicted octanol–water partition coefficient (Wildman–Crippen LogP) is 3.02. The summed E-state index contributed by atoms with van der Waals surface area (Å²) in [5.41, 5.74) is 0. The van der Waals surface area contributed by atoms with Gasteiger partial charge in [0.05, 0.1) is 12.8 Å².